The van der Waals surface area contributed by atoms with Crippen LogP contribution in [0.3, 0.4) is 0 Å². The molecule has 2 aliphatic heterocycles. The standard InChI is InChI=1S/C11H16F2N4O2S/c12-11(13)7-16-6-10(3-15-16)20(18,19)17-4-8-1-14-2-9(8)5-17/h3,6,8-9,11,14H,1-2,4-5,7H2/t8-,9+. The molecule has 0 aliphatic carbocycles. The van der Waals surface area contributed by atoms with Crippen molar-refractivity contribution in [2.75, 3.05) is 26.2 Å². The third-order valence-corrected chi connectivity index (χ3v) is 5.71. The fourth-order valence-electron chi connectivity index (χ4n) is 2.88. The van der Waals surface area contributed by atoms with Crippen LogP contribution in [-0.2, 0) is 16.6 Å². The second-order valence-corrected chi connectivity index (χ2v) is 7.23. The molecular formula is C11H16F2N4O2S. The van der Waals surface area contributed by atoms with Gasteiger partial charge in [0, 0.05) is 19.3 Å². The molecule has 2 fully saturated rings. The maximum Gasteiger partial charge on any atom is 0.257 e. The molecule has 3 rings (SSSR count). The number of rotatable bonds is 4. The summed E-state index contributed by atoms with van der Waals surface area (Å²) in [5, 5.41) is 6.93. The Labute approximate surface area is 115 Å². The number of hydrogen-bond acceptors (Lipinski definition) is 4. The molecular weight excluding hydrogens is 290 g/mol. The minimum atomic E-state index is -3.62. The van der Waals surface area contributed by atoms with Crippen molar-refractivity contribution in [3.05, 3.63) is 12.4 Å². The van der Waals surface area contributed by atoms with Gasteiger partial charge in [-0.05, 0) is 24.9 Å². The molecule has 9 heteroatoms. The summed E-state index contributed by atoms with van der Waals surface area (Å²) in [7, 11) is -3.62. The van der Waals surface area contributed by atoms with E-state index in [1.54, 1.807) is 0 Å². The number of aromatic nitrogens is 2. The molecule has 1 N–H and O–H groups in total. The Balaban J connectivity index is 1.76. The van der Waals surface area contributed by atoms with Crippen molar-refractivity contribution in [2.24, 2.45) is 11.8 Å². The van der Waals surface area contributed by atoms with Gasteiger partial charge in [0.15, 0.2) is 0 Å². The molecule has 3 heterocycles. The van der Waals surface area contributed by atoms with Crippen LogP contribution in [0.25, 0.3) is 0 Å². The Bertz CT molecular complexity index is 577. The Morgan fingerprint density at radius 2 is 2.00 bits per heavy atom. The van der Waals surface area contributed by atoms with Crippen molar-refractivity contribution >= 4 is 10.0 Å². The van der Waals surface area contributed by atoms with E-state index in [1.165, 1.54) is 10.5 Å². The third-order valence-electron chi connectivity index (χ3n) is 3.93. The van der Waals surface area contributed by atoms with Gasteiger partial charge < -0.3 is 5.32 Å². The van der Waals surface area contributed by atoms with Crippen molar-refractivity contribution in [3.63, 3.8) is 0 Å². The monoisotopic (exact) mass is 306 g/mol. The zero-order valence-corrected chi connectivity index (χ0v) is 11.6. The fraction of sp³-hybridized carbons (Fsp3) is 0.727. The SMILES string of the molecule is O=S(=O)(c1cnn(CC(F)F)c1)N1C[C@H]2CNC[C@H]2C1. The average molecular weight is 306 g/mol. The Morgan fingerprint density at radius 1 is 1.35 bits per heavy atom. The van der Waals surface area contributed by atoms with E-state index in [1.807, 2.05) is 0 Å². The summed E-state index contributed by atoms with van der Waals surface area (Å²) in [6.07, 6.45) is -0.236. The molecule has 20 heavy (non-hydrogen) atoms. The summed E-state index contributed by atoms with van der Waals surface area (Å²) < 4.78 is 51.8. The largest absolute Gasteiger partial charge is 0.316 e. The maximum absolute atomic E-state index is 12.4. The first kappa shape index (κ1) is 13.9. The van der Waals surface area contributed by atoms with Gasteiger partial charge in [-0.25, -0.2) is 17.2 Å². The van der Waals surface area contributed by atoms with Gasteiger partial charge in [-0.15, -0.1) is 0 Å². The zero-order valence-electron chi connectivity index (χ0n) is 10.7. The van der Waals surface area contributed by atoms with Crippen molar-refractivity contribution in [1.29, 1.82) is 0 Å². The van der Waals surface area contributed by atoms with Crippen LogP contribution >= 0.6 is 0 Å². The van der Waals surface area contributed by atoms with E-state index in [9.17, 15) is 17.2 Å². The van der Waals surface area contributed by atoms with Crippen LogP contribution in [0.4, 0.5) is 8.78 Å². The summed E-state index contributed by atoms with van der Waals surface area (Å²) in [5.74, 6) is 0.696. The average Bonchev–Trinajstić information content (AvgIpc) is 3.00. The minimum Gasteiger partial charge on any atom is -0.316 e. The molecule has 2 atom stereocenters. The highest BCUT2D eigenvalue weighted by Crippen LogP contribution is 2.30. The van der Waals surface area contributed by atoms with Crippen molar-refractivity contribution in [1.82, 2.24) is 19.4 Å². The Hall–Kier alpha value is -1.06. The van der Waals surface area contributed by atoms with Gasteiger partial charge in [-0.3, -0.25) is 4.68 Å². The van der Waals surface area contributed by atoms with Crippen LogP contribution < -0.4 is 5.32 Å². The van der Waals surface area contributed by atoms with Gasteiger partial charge in [0.05, 0.1) is 6.20 Å². The zero-order chi connectivity index (χ0) is 14.3. The van der Waals surface area contributed by atoms with Gasteiger partial charge in [0.1, 0.15) is 11.4 Å². The number of fused-ring (bicyclic) bond motifs is 1. The van der Waals surface area contributed by atoms with Gasteiger partial charge in [0.2, 0.25) is 10.0 Å². The number of nitrogens with one attached hydrogen (secondary N) is 1. The molecule has 1 aromatic rings. The van der Waals surface area contributed by atoms with Gasteiger partial charge in [-0.1, -0.05) is 0 Å². The van der Waals surface area contributed by atoms with Crippen molar-refractivity contribution in [2.45, 2.75) is 17.9 Å². The number of hydrogen-bond donors (Lipinski definition) is 1. The summed E-state index contributed by atoms with van der Waals surface area (Å²) >= 11 is 0. The fourth-order valence-corrected chi connectivity index (χ4v) is 4.39. The van der Waals surface area contributed by atoms with Crippen molar-refractivity contribution < 1.29 is 17.2 Å². The number of alkyl halides is 2. The highest BCUT2D eigenvalue weighted by Gasteiger charge is 2.41. The molecule has 0 bridgehead atoms. The molecule has 0 amide bonds. The second kappa shape index (κ2) is 5.05. The number of sulfonamides is 1. The molecule has 2 saturated heterocycles. The lowest BCUT2D eigenvalue weighted by Crippen LogP contribution is -2.31. The predicted octanol–water partition coefficient (Wildman–Crippen LogP) is -0.0119. The Kier molecular flexibility index (Phi) is 3.51. The highest BCUT2D eigenvalue weighted by molar-refractivity contribution is 7.89. The van der Waals surface area contributed by atoms with E-state index in [0.717, 1.165) is 24.0 Å². The highest BCUT2D eigenvalue weighted by atomic mass is 32.2. The molecule has 0 radical (unpaired) electrons. The van der Waals surface area contributed by atoms with Crippen LogP contribution in [-0.4, -0.2) is 55.1 Å². The van der Waals surface area contributed by atoms with Gasteiger partial charge in [-0.2, -0.15) is 9.40 Å². The van der Waals surface area contributed by atoms with Crippen LogP contribution in [0.15, 0.2) is 17.3 Å². The first-order valence-corrected chi connectivity index (χ1v) is 7.92. The first-order chi connectivity index (χ1) is 9.46. The number of halogens is 2. The summed E-state index contributed by atoms with van der Waals surface area (Å²) in [6.45, 7) is 2.05. The Morgan fingerprint density at radius 3 is 2.60 bits per heavy atom. The molecule has 112 valence electrons. The molecule has 0 spiro atoms. The molecule has 2 aliphatic rings. The van der Waals surface area contributed by atoms with Gasteiger partial charge in [0.25, 0.3) is 6.43 Å². The third kappa shape index (κ3) is 2.45. The molecule has 0 unspecified atom stereocenters. The molecule has 1 aromatic heterocycles. The van der Waals surface area contributed by atoms with Crippen LogP contribution in [0, 0.1) is 11.8 Å². The lowest BCUT2D eigenvalue weighted by Gasteiger charge is -2.15. The van der Waals surface area contributed by atoms with Crippen molar-refractivity contribution in [3.8, 4) is 0 Å². The first-order valence-electron chi connectivity index (χ1n) is 6.48. The number of nitrogens with zero attached hydrogens (tertiary/aromatic N) is 3. The molecule has 0 aromatic carbocycles. The smallest absolute Gasteiger partial charge is 0.257 e. The molecule has 0 saturated carbocycles. The predicted molar refractivity (Wildman–Crippen MR) is 66.8 cm³/mol. The van der Waals surface area contributed by atoms with E-state index in [-0.39, 0.29) is 4.90 Å². The minimum absolute atomic E-state index is 0.00826. The van der Waals surface area contributed by atoms with E-state index >= 15 is 0 Å². The lowest BCUT2D eigenvalue weighted by molar-refractivity contribution is 0.121. The summed E-state index contributed by atoms with van der Waals surface area (Å²) in [4.78, 5) is -0.00826. The lowest BCUT2D eigenvalue weighted by atomic mass is 10.0. The summed E-state index contributed by atoms with van der Waals surface area (Å²) in [5.41, 5.74) is 0. The van der Waals surface area contributed by atoms with E-state index in [4.69, 9.17) is 0 Å². The second-order valence-electron chi connectivity index (χ2n) is 5.29. The van der Waals surface area contributed by atoms with Crippen LogP contribution in [0.1, 0.15) is 0 Å². The van der Waals surface area contributed by atoms with E-state index in [0.29, 0.717) is 24.9 Å². The van der Waals surface area contributed by atoms with E-state index in [2.05, 4.69) is 10.4 Å². The quantitative estimate of drug-likeness (QED) is 0.849. The normalized spacial score (nSPS) is 27.4. The van der Waals surface area contributed by atoms with Crippen LogP contribution in [0.5, 0.6) is 0 Å². The van der Waals surface area contributed by atoms with Gasteiger partial charge >= 0.3 is 0 Å². The summed E-state index contributed by atoms with van der Waals surface area (Å²) in [6, 6.07) is 0. The topological polar surface area (TPSA) is 67.2 Å². The molecule has 6 nitrogen and oxygen atoms in total. The van der Waals surface area contributed by atoms with E-state index < -0.39 is 23.0 Å². The van der Waals surface area contributed by atoms with Crippen LogP contribution in [0.2, 0.25) is 0 Å². The maximum atomic E-state index is 12.4.